The van der Waals surface area contributed by atoms with E-state index < -0.39 is 15.9 Å². The van der Waals surface area contributed by atoms with Crippen LogP contribution in [0, 0.1) is 13.8 Å². The summed E-state index contributed by atoms with van der Waals surface area (Å²) in [5.74, 6) is 0.916. The van der Waals surface area contributed by atoms with Crippen LogP contribution in [0.15, 0.2) is 72.8 Å². The van der Waals surface area contributed by atoms with Crippen LogP contribution in [0.2, 0.25) is 0 Å². The molecule has 3 aromatic rings. The standard InChI is InChI=1S/C23H24N2O4S/c1-17-8-7-9-18(2)23(17)25(30(3,27)28)16-22(26)24-19-12-14-21(15-13-19)29-20-10-5-4-6-11-20/h4-15H,16H2,1-3H3,(H,24,26). The molecule has 0 aliphatic heterocycles. The number of sulfonamides is 1. The summed E-state index contributed by atoms with van der Waals surface area (Å²) in [5, 5.41) is 2.74. The van der Waals surface area contributed by atoms with E-state index in [4.69, 9.17) is 4.74 Å². The van der Waals surface area contributed by atoms with Crippen LogP contribution < -0.4 is 14.4 Å². The lowest BCUT2D eigenvalue weighted by molar-refractivity contribution is -0.114. The summed E-state index contributed by atoms with van der Waals surface area (Å²) in [6, 6.07) is 21.8. The lowest BCUT2D eigenvalue weighted by Gasteiger charge is -2.25. The van der Waals surface area contributed by atoms with Gasteiger partial charge in [-0.3, -0.25) is 9.10 Å². The molecule has 0 saturated carbocycles. The summed E-state index contributed by atoms with van der Waals surface area (Å²) in [6.45, 7) is 3.33. The van der Waals surface area contributed by atoms with E-state index in [0.717, 1.165) is 21.7 Å². The highest BCUT2D eigenvalue weighted by Gasteiger charge is 2.23. The van der Waals surface area contributed by atoms with E-state index >= 15 is 0 Å². The molecular formula is C23H24N2O4S. The van der Waals surface area contributed by atoms with Crippen LogP contribution >= 0.6 is 0 Å². The fraction of sp³-hybridized carbons (Fsp3) is 0.174. The normalized spacial score (nSPS) is 11.0. The molecule has 0 unspecified atom stereocenters. The van der Waals surface area contributed by atoms with Crippen LogP contribution in [0.3, 0.4) is 0 Å². The van der Waals surface area contributed by atoms with Crippen LogP contribution in [0.5, 0.6) is 11.5 Å². The largest absolute Gasteiger partial charge is 0.457 e. The lowest BCUT2D eigenvalue weighted by Crippen LogP contribution is -2.38. The molecule has 0 aromatic heterocycles. The molecule has 0 atom stereocenters. The van der Waals surface area contributed by atoms with Gasteiger partial charge in [-0.25, -0.2) is 8.42 Å². The van der Waals surface area contributed by atoms with Gasteiger partial charge in [-0.05, 0) is 61.4 Å². The highest BCUT2D eigenvalue weighted by molar-refractivity contribution is 7.92. The van der Waals surface area contributed by atoms with Crippen molar-refractivity contribution in [2.24, 2.45) is 0 Å². The third-order valence-electron chi connectivity index (χ3n) is 4.49. The molecule has 30 heavy (non-hydrogen) atoms. The molecule has 0 saturated heterocycles. The van der Waals surface area contributed by atoms with Crippen molar-refractivity contribution in [2.75, 3.05) is 22.4 Å². The number of aryl methyl sites for hydroxylation is 2. The van der Waals surface area contributed by atoms with Crippen molar-refractivity contribution in [3.8, 4) is 11.5 Å². The van der Waals surface area contributed by atoms with E-state index in [-0.39, 0.29) is 6.54 Å². The van der Waals surface area contributed by atoms with Gasteiger partial charge in [0.2, 0.25) is 15.9 Å². The highest BCUT2D eigenvalue weighted by atomic mass is 32.2. The predicted octanol–water partition coefficient (Wildman–Crippen LogP) is 4.50. The van der Waals surface area contributed by atoms with Gasteiger partial charge in [-0.1, -0.05) is 36.4 Å². The molecule has 156 valence electrons. The fourth-order valence-corrected chi connectivity index (χ4v) is 4.09. The molecule has 3 rings (SSSR count). The van der Waals surface area contributed by atoms with Crippen LogP contribution in [-0.4, -0.2) is 27.1 Å². The van der Waals surface area contributed by atoms with E-state index in [1.165, 1.54) is 0 Å². The second-order valence-electron chi connectivity index (χ2n) is 7.00. The number of nitrogens with zero attached hydrogens (tertiary/aromatic N) is 1. The molecule has 0 heterocycles. The molecule has 6 nitrogen and oxygen atoms in total. The van der Waals surface area contributed by atoms with E-state index in [1.54, 1.807) is 24.3 Å². The Labute approximate surface area is 177 Å². The predicted molar refractivity (Wildman–Crippen MR) is 120 cm³/mol. The first-order valence-electron chi connectivity index (χ1n) is 9.41. The van der Waals surface area contributed by atoms with Gasteiger partial charge in [0.1, 0.15) is 18.0 Å². The Bertz CT molecular complexity index is 1110. The molecule has 0 radical (unpaired) electrons. The third-order valence-corrected chi connectivity index (χ3v) is 5.61. The van der Waals surface area contributed by atoms with Crippen molar-refractivity contribution in [2.45, 2.75) is 13.8 Å². The zero-order valence-corrected chi connectivity index (χ0v) is 17.9. The van der Waals surface area contributed by atoms with Gasteiger partial charge in [0, 0.05) is 5.69 Å². The van der Waals surface area contributed by atoms with Crippen molar-refractivity contribution in [1.29, 1.82) is 0 Å². The molecule has 7 heteroatoms. The van der Waals surface area contributed by atoms with Crippen LogP contribution in [0.25, 0.3) is 0 Å². The van der Waals surface area contributed by atoms with Gasteiger partial charge in [0.25, 0.3) is 0 Å². The summed E-state index contributed by atoms with van der Waals surface area (Å²) in [5.41, 5.74) is 2.66. The molecule has 0 aliphatic carbocycles. The summed E-state index contributed by atoms with van der Waals surface area (Å²) in [6.07, 6.45) is 1.10. The SMILES string of the molecule is Cc1cccc(C)c1N(CC(=O)Nc1ccc(Oc2ccccc2)cc1)S(C)(=O)=O. The summed E-state index contributed by atoms with van der Waals surface area (Å²) < 4.78 is 31.6. The maximum absolute atomic E-state index is 12.6. The average molecular weight is 425 g/mol. The molecule has 1 amide bonds. The Morgan fingerprint density at radius 3 is 2.00 bits per heavy atom. The van der Waals surface area contributed by atoms with Gasteiger partial charge in [-0.2, -0.15) is 0 Å². The number of para-hydroxylation sites is 2. The number of amides is 1. The Morgan fingerprint density at radius 1 is 0.867 bits per heavy atom. The quantitative estimate of drug-likeness (QED) is 0.606. The zero-order valence-electron chi connectivity index (χ0n) is 17.1. The van der Waals surface area contributed by atoms with E-state index in [1.807, 2.05) is 62.4 Å². The zero-order chi connectivity index (χ0) is 21.7. The van der Waals surface area contributed by atoms with Crippen LogP contribution in [0.4, 0.5) is 11.4 Å². The van der Waals surface area contributed by atoms with Crippen molar-refractivity contribution in [3.63, 3.8) is 0 Å². The second-order valence-corrected chi connectivity index (χ2v) is 8.90. The first-order chi connectivity index (χ1) is 14.2. The topological polar surface area (TPSA) is 75.7 Å². The number of benzene rings is 3. The van der Waals surface area contributed by atoms with E-state index in [0.29, 0.717) is 22.9 Å². The second kappa shape index (κ2) is 9.00. The molecular weight excluding hydrogens is 400 g/mol. The first kappa shape index (κ1) is 21.4. The van der Waals surface area contributed by atoms with E-state index in [2.05, 4.69) is 5.32 Å². The highest BCUT2D eigenvalue weighted by Crippen LogP contribution is 2.27. The van der Waals surface area contributed by atoms with Gasteiger partial charge >= 0.3 is 0 Å². The number of anilines is 2. The Kier molecular flexibility index (Phi) is 6.42. The lowest BCUT2D eigenvalue weighted by atomic mass is 10.1. The molecule has 0 spiro atoms. The minimum absolute atomic E-state index is 0.313. The Morgan fingerprint density at radius 2 is 1.43 bits per heavy atom. The number of ether oxygens (including phenoxy) is 1. The van der Waals surface area contributed by atoms with E-state index in [9.17, 15) is 13.2 Å². The molecule has 1 N–H and O–H groups in total. The molecule has 0 aliphatic rings. The van der Waals surface area contributed by atoms with Crippen molar-refractivity contribution in [1.82, 2.24) is 0 Å². The maximum Gasteiger partial charge on any atom is 0.245 e. The summed E-state index contributed by atoms with van der Waals surface area (Å²) in [7, 11) is -3.64. The molecule has 0 bridgehead atoms. The van der Waals surface area contributed by atoms with Gasteiger partial charge in [0.05, 0.1) is 11.9 Å². The van der Waals surface area contributed by atoms with Crippen molar-refractivity contribution < 1.29 is 17.9 Å². The number of hydrogen-bond acceptors (Lipinski definition) is 4. The maximum atomic E-state index is 12.6. The van der Waals surface area contributed by atoms with Crippen molar-refractivity contribution >= 4 is 27.3 Å². The van der Waals surface area contributed by atoms with Crippen molar-refractivity contribution in [3.05, 3.63) is 83.9 Å². The number of carbonyl (C=O) groups is 1. The summed E-state index contributed by atoms with van der Waals surface area (Å²) >= 11 is 0. The fourth-order valence-electron chi connectivity index (χ4n) is 3.12. The van der Waals surface area contributed by atoms with Gasteiger partial charge in [0.15, 0.2) is 0 Å². The number of hydrogen-bond donors (Lipinski definition) is 1. The number of rotatable bonds is 7. The Hall–Kier alpha value is -3.32. The first-order valence-corrected chi connectivity index (χ1v) is 11.3. The van der Waals surface area contributed by atoms with Crippen LogP contribution in [0.1, 0.15) is 11.1 Å². The molecule has 0 fully saturated rings. The monoisotopic (exact) mass is 424 g/mol. The van der Waals surface area contributed by atoms with Gasteiger partial charge < -0.3 is 10.1 Å². The summed E-state index contributed by atoms with van der Waals surface area (Å²) in [4.78, 5) is 12.6. The number of carbonyl (C=O) groups excluding carboxylic acids is 1. The number of nitrogens with one attached hydrogen (secondary N) is 1. The van der Waals surface area contributed by atoms with Crippen LogP contribution in [-0.2, 0) is 14.8 Å². The molecule has 3 aromatic carbocycles. The Balaban J connectivity index is 1.71. The average Bonchev–Trinajstić information content (AvgIpc) is 2.68. The van der Waals surface area contributed by atoms with Gasteiger partial charge in [-0.15, -0.1) is 0 Å². The minimum Gasteiger partial charge on any atom is -0.457 e. The third kappa shape index (κ3) is 5.39. The minimum atomic E-state index is -3.64. The smallest absolute Gasteiger partial charge is 0.245 e.